The van der Waals surface area contributed by atoms with E-state index in [1.54, 1.807) is 30.1 Å². The fourth-order valence-corrected chi connectivity index (χ4v) is 4.75. The quantitative estimate of drug-likeness (QED) is 0.296. The largest absolute Gasteiger partial charge is 0.413 e. The third kappa shape index (κ3) is 4.98. The number of nitrogens with one attached hydrogen (secondary N) is 2. The van der Waals surface area contributed by atoms with E-state index in [1.165, 1.54) is 12.4 Å². The number of hydrogen-bond donors (Lipinski definition) is 2. The fourth-order valence-electron chi connectivity index (χ4n) is 4.48. The van der Waals surface area contributed by atoms with Gasteiger partial charge in [0.15, 0.2) is 5.54 Å². The van der Waals surface area contributed by atoms with Gasteiger partial charge in [0, 0.05) is 37.1 Å². The van der Waals surface area contributed by atoms with Crippen molar-refractivity contribution < 1.29 is 13.2 Å². The molecule has 9 nitrogen and oxygen atoms in total. The Morgan fingerprint density at radius 3 is 2.56 bits per heavy atom. The average Bonchev–Trinajstić information content (AvgIpc) is 3.35. The van der Waals surface area contributed by atoms with Crippen LogP contribution >= 0.6 is 11.6 Å². The van der Waals surface area contributed by atoms with E-state index in [2.05, 4.69) is 57.9 Å². The van der Waals surface area contributed by atoms with Crippen LogP contribution in [0.4, 0.5) is 24.5 Å². The Morgan fingerprint density at radius 2 is 1.97 bits per heavy atom. The molecule has 39 heavy (non-hydrogen) atoms. The topological polar surface area (TPSA) is 109 Å². The number of aromatic nitrogens is 6. The van der Waals surface area contributed by atoms with Crippen LogP contribution in [-0.4, -0.2) is 42.5 Å². The first-order chi connectivity index (χ1) is 18.3. The Balaban J connectivity index is 1.58. The van der Waals surface area contributed by atoms with Crippen LogP contribution in [0.1, 0.15) is 56.6 Å². The van der Waals surface area contributed by atoms with Crippen molar-refractivity contribution in [3.05, 3.63) is 58.8 Å². The Labute approximate surface area is 228 Å². The molecule has 0 amide bonds. The molecule has 2 N–H and O–H groups in total. The maximum absolute atomic E-state index is 13.7. The van der Waals surface area contributed by atoms with E-state index >= 15 is 0 Å². The first kappa shape index (κ1) is 26.7. The summed E-state index contributed by atoms with van der Waals surface area (Å²) in [7, 11) is 1.73. The summed E-state index contributed by atoms with van der Waals surface area (Å²) in [5.41, 5.74) is 0.912. The molecule has 0 spiro atoms. The highest BCUT2D eigenvalue weighted by molar-refractivity contribution is 6.35. The van der Waals surface area contributed by atoms with E-state index in [1.807, 2.05) is 6.07 Å². The van der Waals surface area contributed by atoms with Crippen LogP contribution in [0.15, 0.2) is 36.8 Å². The molecule has 0 bridgehead atoms. The summed E-state index contributed by atoms with van der Waals surface area (Å²) in [6.07, 6.45) is -0.0977. The zero-order valence-electron chi connectivity index (χ0n) is 21.8. The van der Waals surface area contributed by atoms with Gasteiger partial charge >= 0.3 is 6.18 Å². The zero-order valence-corrected chi connectivity index (χ0v) is 22.6. The summed E-state index contributed by atoms with van der Waals surface area (Å²) in [4.78, 5) is 4.39. The van der Waals surface area contributed by atoms with Crippen molar-refractivity contribution in [2.24, 2.45) is 12.5 Å². The molecule has 1 fully saturated rings. The predicted molar refractivity (Wildman–Crippen MR) is 141 cm³/mol. The minimum absolute atomic E-state index is 0.0397. The SMILES string of the molecule is Cn1nccc1[C@H](Nc1cc(Cl)c2ncc(C#N)c(NCC(C)(C)C)c2c1)c1cn(C2(C(F)(F)F)CC2)nn1. The molecule has 5 rings (SSSR count). The summed E-state index contributed by atoms with van der Waals surface area (Å²) in [5.74, 6) is 0. The van der Waals surface area contributed by atoms with Crippen molar-refractivity contribution in [1.29, 1.82) is 5.26 Å². The van der Waals surface area contributed by atoms with Crippen molar-refractivity contribution in [1.82, 2.24) is 29.8 Å². The maximum atomic E-state index is 13.7. The molecule has 0 aliphatic heterocycles. The number of alkyl halides is 3. The van der Waals surface area contributed by atoms with E-state index in [4.69, 9.17) is 11.6 Å². The van der Waals surface area contributed by atoms with Gasteiger partial charge in [0.1, 0.15) is 17.8 Å². The summed E-state index contributed by atoms with van der Waals surface area (Å²) >= 11 is 6.64. The number of nitriles is 1. The van der Waals surface area contributed by atoms with Crippen LogP contribution in [-0.2, 0) is 12.6 Å². The fraction of sp³-hybridized carbons (Fsp3) is 0.423. The number of pyridine rings is 1. The molecule has 1 atom stereocenters. The molecular weight excluding hydrogens is 531 g/mol. The van der Waals surface area contributed by atoms with Crippen LogP contribution in [0.25, 0.3) is 10.9 Å². The van der Waals surface area contributed by atoms with Crippen LogP contribution < -0.4 is 10.6 Å². The van der Waals surface area contributed by atoms with Crippen molar-refractivity contribution in [3.63, 3.8) is 0 Å². The lowest BCUT2D eigenvalue weighted by Gasteiger charge is -2.22. The highest BCUT2D eigenvalue weighted by Crippen LogP contribution is 2.55. The number of aryl methyl sites for hydroxylation is 1. The summed E-state index contributed by atoms with van der Waals surface area (Å²) in [6.45, 7) is 6.82. The number of hydrogen-bond acceptors (Lipinski definition) is 7. The van der Waals surface area contributed by atoms with E-state index in [9.17, 15) is 18.4 Å². The molecule has 204 valence electrons. The molecule has 4 aromatic rings. The van der Waals surface area contributed by atoms with E-state index in [0.717, 1.165) is 4.68 Å². The number of fused-ring (bicyclic) bond motifs is 1. The highest BCUT2D eigenvalue weighted by atomic mass is 35.5. The highest BCUT2D eigenvalue weighted by Gasteiger charge is 2.66. The van der Waals surface area contributed by atoms with Crippen LogP contribution in [0.5, 0.6) is 0 Å². The van der Waals surface area contributed by atoms with E-state index < -0.39 is 17.8 Å². The zero-order chi connectivity index (χ0) is 28.2. The minimum Gasteiger partial charge on any atom is -0.383 e. The Morgan fingerprint density at radius 1 is 1.23 bits per heavy atom. The molecule has 3 heterocycles. The molecular formula is C26H27ClF3N9. The number of rotatable bonds is 7. The Bertz CT molecular complexity index is 1570. The molecule has 13 heteroatoms. The normalized spacial score (nSPS) is 15.7. The molecule has 1 aliphatic carbocycles. The molecule has 3 aromatic heterocycles. The smallest absolute Gasteiger partial charge is 0.383 e. The summed E-state index contributed by atoms with van der Waals surface area (Å²) < 4.78 is 43.7. The molecule has 1 aliphatic rings. The monoisotopic (exact) mass is 557 g/mol. The minimum atomic E-state index is -4.43. The summed E-state index contributed by atoms with van der Waals surface area (Å²) in [5, 5.41) is 29.7. The van der Waals surface area contributed by atoms with Gasteiger partial charge in [-0.2, -0.15) is 23.5 Å². The Hall–Kier alpha value is -3.85. The van der Waals surface area contributed by atoms with E-state index in [-0.39, 0.29) is 18.3 Å². The van der Waals surface area contributed by atoms with Crippen molar-refractivity contribution in [2.45, 2.75) is 51.4 Å². The van der Waals surface area contributed by atoms with Crippen LogP contribution in [0, 0.1) is 16.7 Å². The maximum Gasteiger partial charge on any atom is 0.413 e. The molecule has 0 saturated heterocycles. The van der Waals surface area contributed by atoms with Crippen molar-refractivity contribution >= 4 is 33.9 Å². The van der Waals surface area contributed by atoms with E-state index in [0.29, 0.717) is 50.8 Å². The first-order valence-corrected chi connectivity index (χ1v) is 12.7. The van der Waals surface area contributed by atoms with Gasteiger partial charge < -0.3 is 10.6 Å². The second kappa shape index (κ2) is 9.41. The van der Waals surface area contributed by atoms with Gasteiger partial charge in [0.2, 0.25) is 0 Å². The second-order valence-corrected chi connectivity index (χ2v) is 11.4. The van der Waals surface area contributed by atoms with Crippen LogP contribution in [0.2, 0.25) is 5.02 Å². The lowest BCUT2D eigenvalue weighted by Crippen LogP contribution is -2.35. The third-order valence-electron chi connectivity index (χ3n) is 6.80. The van der Waals surface area contributed by atoms with Crippen LogP contribution in [0.3, 0.4) is 0 Å². The molecule has 1 saturated carbocycles. The number of nitrogens with zero attached hydrogens (tertiary/aromatic N) is 7. The second-order valence-electron chi connectivity index (χ2n) is 11.0. The van der Waals surface area contributed by atoms with Crippen molar-refractivity contribution in [2.75, 3.05) is 17.2 Å². The Kier molecular flexibility index (Phi) is 6.45. The first-order valence-electron chi connectivity index (χ1n) is 12.3. The number of benzene rings is 1. The van der Waals surface area contributed by atoms with Gasteiger partial charge in [-0.25, -0.2) is 4.68 Å². The summed E-state index contributed by atoms with van der Waals surface area (Å²) in [6, 6.07) is 6.73. The molecule has 1 aromatic carbocycles. The molecule has 0 radical (unpaired) electrons. The molecule has 0 unspecified atom stereocenters. The van der Waals surface area contributed by atoms with Gasteiger partial charge in [-0.1, -0.05) is 37.6 Å². The number of halogens is 4. The standard InChI is InChI=1S/C26H27ClF3N9/c1-24(2,3)14-33-21-15(11-31)12-32-22-17(21)9-16(10-18(22)27)35-23(20-5-8-34-38(20)4)19-13-39(37-36-19)25(6-7-25)26(28,29)30/h5,8-10,12-13,23,35H,6-7,14H2,1-4H3,(H,32,33)/t23-/m1/s1. The van der Waals surface area contributed by atoms with Gasteiger partial charge in [0.05, 0.1) is 33.7 Å². The lowest BCUT2D eigenvalue weighted by molar-refractivity contribution is -0.182. The van der Waals surface area contributed by atoms with Gasteiger partial charge in [-0.05, 0) is 36.5 Å². The third-order valence-corrected chi connectivity index (χ3v) is 7.09. The van der Waals surface area contributed by atoms with Gasteiger partial charge in [-0.3, -0.25) is 9.67 Å². The number of anilines is 2. The van der Waals surface area contributed by atoms with Crippen molar-refractivity contribution in [3.8, 4) is 6.07 Å². The predicted octanol–water partition coefficient (Wildman–Crippen LogP) is 5.80. The van der Waals surface area contributed by atoms with Gasteiger partial charge in [0.25, 0.3) is 0 Å². The lowest BCUT2D eigenvalue weighted by atomic mass is 9.96. The van der Waals surface area contributed by atoms with Gasteiger partial charge in [-0.15, -0.1) is 5.10 Å². The average molecular weight is 558 g/mol.